The van der Waals surface area contributed by atoms with Crippen molar-refractivity contribution in [3.63, 3.8) is 0 Å². The molecule has 1 rings (SSSR count). The SMILES string of the molecule is CCNC(=O)[C@@H](C)OC(=O)c1ccc(NC(C)=O)cc1. The molecule has 0 bridgehead atoms. The molecule has 0 spiro atoms. The van der Waals surface area contributed by atoms with Gasteiger partial charge in [-0.1, -0.05) is 0 Å². The summed E-state index contributed by atoms with van der Waals surface area (Å²) in [7, 11) is 0. The quantitative estimate of drug-likeness (QED) is 0.796. The molecule has 0 aliphatic rings. The lowest BCUT2D eigenvalue weighted by molar-refractivity contribution is -0.129. The van der Waals surface area contributed by atoms with E-state index in [-0.39, 0.29) is 11.8 Å². The van der Waals surface area contributed by atoms with Gasteiger partial charge in [-0.25, -0.2) is 4.79 Å². The van der Waals surface area contributed by atoms with Crippen molar-refractivity contribution in [3.05, 3.63) is 29.8 Å². The predicted octanol–water partition coefficient (Wildman–Crippen LogP) is 1.33. The molecule has 6 nitrogen and oxygen atoms in total. The number of nitrogens with one attached hydrogen (secondary N) is 2. The average molecular weight is 278 g/mol. The van der Waals surface area contributed by atoms with Gasteiger partial charge in [-0.15, -0.1) is 0 Å². The van der Waals surface area contributed by atoms with Gasteiger partial charge in [0.15, 0.2) is 6.10 Å². The van der Waals surface area contributed by atoms with Gasteiger partial charge in [0.2, 0.25) is 5.91 Å². The van der Waals surface area contributed by atoms with E-state index in [4.69, 9.17) is 4.74 Å². The van der Waals surface area contributed by atoms with Crippen molar-refractivity contribution in [3.8, 4) is 0 Å². The van der Waals surface area contributed by atoms with Crippen LogP contribution in [0.15, 0.2) is 24.3 Å². The molecule has 0 fully saturated rings. The summed E-state index contributed by atoms with van der Waals surface area (Å²) in [5.41, 5.74) is 0.904. The maximum Gasteiger partial charge on any atom is 0.338 e. The first kappa shape index (κ1) is 15.7. The molecule has 2 amide bonds. The van der Waals surface area contributed by atoms with E-state index in [0.29, 0.717) is 17.8 Å². The fraction of sp³-hybridized carbons (Fsp3) is 0.357. The number of hydrogen-bond donors (Lipinski definition) is 2. The Balaban J connectivity index is 2.63. The molecule has 0 heterocycles. The summed E-state index contributed by atoms with van der Waals surface area (Å²) in [6.07, 6.45) is -0.850. The van der Waals surface area contributed by atoms with E-state index < -0.39 is 12.1 Å². The van der Waals surface area contributed by atoms with Gasteiger partial charge < -0.3 is 15.4 Å². The normalized spacial score (nSPS) is 11.3. The van der Waals surface area contributed by atoms with Gasteiger partial charge >= 0.3 is 5.97 Å². The molecular formula is C14H18N2O4. The Kier molecular flexibility index (Phi) is 5.71. The molecule has 20 heavy (non-hydrogen) atoms. The van der Waals surface area contributed by atoms with Crippen molar-refractivity contribution in [1.29, 1.82) is 0 Å². The van der Waals surface area contributed by atoms with Crippen LogP contribution >= 0.6 is 0 Å². The van der Waals surface area contributed by atoms with Crippen molar-refractivity contribution in [1.82, 2.24) is 5.32 Å². The lowest BCUT2D eigenvalue weighted by Gasteiger charge is -2.12. The number of carbonyl (C=O) groups is 3. The van der Waals surface area contributed by atoms with Gasteiger partial charge in [0, 0.05) is 19.2 Å². The van der Waals surface area contributed by atoms with Crippen molar-refractivity contribution in [2.75, 3.05) is 11.9 Å². The molecule has 2 N–H and O–H groups in total. The first-order chi connectivity index (χ1) is 9.43. The largest absolute Gasteiger partial charge is 0.449 e. The number of likely N-dealkylation sites (N-methyl/N-ethyl adjacent to an activating group) is 1. The molecule has 1 aromatic carbocycles. The van der Waals surface area contributed by atoms with E-state index in [0.717, 1.165) is 0 Å². The molecule has 1 aromatic rings. The number of ether oxygens (including phenoxy) is 1. The molecule has 0 aliphatic heterocycles. The summed E-state index contributed by atoms with van der Waals surface area (Å²) in [5, 5.41) is 5.16. The molecule has 108 valence electrons. The number of anilines is 1. The zero-order valence-corrected chi connectivity index (χ0v) is 11.7. The summed E-state index contributed by atoms with van der Waals surface area (Å²) in [5.74, 6) is -1.11. The Morgan fingerprint density at radius 1 is 1.20 bits per heavy atom. The summed E-state index contributed by atoms with van der Waals surface area (Å²) >= 11 is 0. The second-order valence-corrected chi connectivity index (χ2v) is 4.20. The molecule has 0 aliphatic carbocycles. The van der Waals surface area contributed by atoms with Gasteiger partial charge in [0.1, 0.15) is 0 Å². The fourth-order valence-corrected chi connectivity index (χ4v) is 1.49. The number of hydrogen-bond acceptors (Lipinski definition) is 4. The van der Waals surface area contributed by atoms with Crippen molar-refractivity contribution < 1.29 is 19.1 Å². The third-order valence-electron chi connectivity index (χ3n) is 2.45. The van der Waals surface area contributed by atoms with Gasteiger partial charge in [0.25, 0.3) is 5.91 Å². The Morgan fingerprint density at radius 3 is 2.30 bits per heavy atom. The third kappa shape index (κ3) is 4.72. The van der Waals surface area contributed by atoms with Gasteiger partial charge in [-0.05, 0) is 38.1 Å². The summed E-state index contributed by atoms with van der Waals surface area (Å²) in [6, 6.07) is 6.24. The summed E-state index contributed by atoms with van der Waals surface area (Å²) in [6.45, 7) is 5.17. The number of esters is 1. The van der Waals surface area contributed by atoms with Crippen LogP contribution in [0.25, 0.3) is 0 Å². The maximum absolute atomic E-state index is 11.8. The molecule has 1 atom stereocenters. The predicted molar refractivity (Wildman–Crippen MR) is 74.3 cm³/mol. The highest BCUT2D eigenvalue weighted by Gasteiger charge is 2.17. The second-order valence-electron chi connectivity index (χ2n) is 4.20. The molecule has 0 radical (unpaired) electrons. The van der Waals surface area contributed by atoms with Crippen LogP contribution < -0.4 is 10.6 Å². The minimum absolute atomic E-state index is 0.190. The van der Waals surface area contributed by atoms with Gasteiger partial charge in [-0.2, -0.15) is 0 Å². The Hall–Kier alpha value is -2.37. The third-order valence-corrected chi connectivity index (χ3v) is 2.45. The highest BCUT2D eigenvalue weighted by atomic mass is 16.5. The monoisotopic (exact) mass is 278 g/mol. The van der Waals surface area contributed by atoms with Gasteiger partial charge in [0.05, 0.1) is 5.56 Å². The standard InChI is InChI=1S/C14H18N2O4/c1-4-15-13(18)9(2)20-14(19)11-5-7-12(8-6-11)16-10(3)17/h5-9H,4H2,1-3H3,(H,15,18)(H,16,17)/t9-/m1/s1. The van der Waals surface area contributed by atoms with Crippen LogP contribution in [0.4, 0.5) is 5.69 Å². The van der Waals surface area contributed by atoms with E-state index in [9.17, 15) is 14.4 Å². The molecule has 6 heteroatoms. The van der Waals surface area contributed by atoms with Crippen LogP contribution in [-0.4, -0.2) is 30.4 Å². The minimum Gasteiger partial charge on any atom is -0.449 e. The zero-order valence-electron chi connectivity index (χ0n) is 11.7. The molecule has 0 aromatic heterocycles. The highest BCUT2D eigenvalue weighted by molar-refractivity contribution is 5.93. The topological polar surface area (TPSA) is 84.5 Å². The van der Waals surface area contributed by atoms with E-state index in [1.165, 1.54) is 26.0 Å². The minimum atomic E-state index is -0.850. The second kappa shape index (κ2) is 7.28. The van der Waals surface area contributed by atoms with E-state index >= 15 is 0 Å². The van der Waals surface area contributed by atoms with Crippen LogP contribution in [-0.2, 0) is 14.3 Å². The number of carbonyl (C=O) groups excluding carboxylic acids is 3. The van der Waals surface area contributed by atoms with E-state index in [1.54, 1.807) is 19.1 Å². The number of benzene rings is 1. The van der Waals surface area contributed by atoms with Crippen molar-refractivity contribution in [2.45, 2.75) is 26.9 Å². The molecule has 0 saturated carbocycles. The molecule has 0 unspecified atom stereocenters. The van der Waals surface area contributed by atoms with Crippen LogP contribution in [0.1, 0.15) is 31.1 Å². The average Bonchev–Trinajstić information content (AvgIpc) is 2.39. The van der Waals surface area contributed by atoms with E-state index in [1.807, 2.05) is 0 Å². The lowest BCUT2D eigenvalue weighted by atomic mass is 10.2. The van der Waals surface area contributed by atoms with E-state index in [2.05, 4.69) is 10.6 Å². The molecule has 0 saturated heterocycles. The Morgan fingerprint density at radius 2 is 1.80 bits per heavy atom. The van der Waals surface area contributed by atoms with Crippen LogP contribution in [0, 0.1) is 0 Å². The number of rotatable bonds is 5. The molecular weight excluding hydrogens is 260 g/mol. The van der Waals surface area contributed by atoms with Crippen molar-refractivity contribution in [2.24, 2.45) is 0 Å². The van der Waals surface area contributed by atoms with Crippen LogP contribution in [0.5, 0.6) is 0 Å². The van der Waals surface area contributed by atoms with Crippen molar-refractivity contribution >= 4 is 23.5 Å². The fourth-order valence-electron chi connectivity index (χ4n) is 1.49. The maximum atomic E-state index is 11.8. The first-order valence-corrected chi connectivity index (χ1v) is 6.30. The smallest absolute Gasteiger partial charge is 0.338 e. The Bertz CT molecular complexity index is 496. The zero-order chi connectivity index (χ0) is 15.1. The van der Waals surface area contributed by atoms with Crippen LogP contribution in [0.3, 0.4) is 0 Å². The summed E-state index contributed by atoms with van der Waals surface area (Å²) < 4.78 is 5.03. The first-order valence-electron chi connectivity index (χ1n) is 6.30. The van der Waals surface area contributed by atoms with Gasteiger partial charge in [-0.3, -0.25) is 9.59 Å². The number of amides is 2. The highest BCUT2D eigenvalue weighted by Crippen LogP contribution is 2.11. The van der Waals surface area contributed by atoms with Crippen LogP contribution in [0.2, 0.25) is 0 Å². The summed E-state index contributed by atoms with van der Waals surface area (Å²) in [4.78, 5) is 34.1. The lowest BCUT2D eigenvalue weighted by Crippen LogP contribution is -2.35. The Labute approximate surface area is 117 Å².